The highest BCUT2D eigenvalue weighted by atomic mass is 35.5. The summed E-state index contributed by atoms with van der Waals surface area (Å²) >= 11 is 11.6. The summed E-state index contributed by atoms with van der Waals surface area (Å²) < 4.78 is 10.3. The van der Waals surface area contributed by atoms with Crippen LogP contribution in [0.25, 0.3) is 0 Å². The van der Waals surface area contributed by atoms with Crippen LogP contribution < -0.4 is 15.0 Å². The zero-order valence-electron chi connectivity index (χ0n) is 15.2. The summed E-state index contributed by atoms with van der Waals surface area (Å²) in [6.07, 6.45) is 0. The Morgan fingerprint density at radius 3 is 2.30 bits per heavy atom. The van der Waals surface area contributed by atoms with E-state index in [-0.39, 0.29) is 0 Å². The number of anilines is 1. The zero-order valence-corrected chi connectivity index (χ0v) is 16.7. The van der Waals surface area contributed by atoms with Crippen LogP contribution >= 0.6 is 23.8 Å². The number of allylic oxidation sites excluding steroid dienone is 1. The molecule has 0 fully saturated rings. The molecule has 1 atom stereocenters. The molecule has 0 aromatic heterocycles. The van der Waals surface area contributed by atoms with E-state index in [9.17, 15) is 4.79 Å². The lowest BCUT2D eigenvalue weighted by atomic mass is 9.94. The summed E-state index contributed by atoms with van der Waals surface area (Å²) in [5, 5.41) is 4.37. The van der Waals surface area contributed by atoms with Crippen molar-refractivity contribution in [3.63, 3.8) is 0 Å². The van der Waals surface area contributed by atoms with Gasteiger partial charge in [0, 0.05) is 16.4 Å². The molecule has 7 heteroatoms. The fourth-order valence-corrected chi connectivity index (χ4v) is 3.55. The third kappa shape index (κ3) is 3.77. The first kappa shape index (κ1) is 19.2. The van der Waals surface area contributed by atoms with Gasteiger partial charge in [-0.05, 0) is 61.1 Å². The minimum atomic E-state index is -0.417. The maximum atomic E-state index is 12.6. The van der Waals surface area contributed by atoms with Crippen molar-refractivity contribution < 1.29 is 14.3 Å². The van der Waals surface area contributed by atoms with Crippen molar-refractivity contribution >= 4 is 40.6 Å². The molecule has 1 N–H and O–H groups in total. The van der Waals surface area contributed by atoms with Crippen molar-refractivity contribution in [1.82, 2.24) is 5.32 Å². The first-order valence-electron chi connectivity index (χ1n) is 8.25. The molecule has 5 nitrogen and oxygen atoms in total. The number of halogens is 1. The molecular formula is C20H19ClN2O3S. The van der Waals surface area contributed by atoms with Gasteiger partial charge in [-0.1, -0.05) is 23.7 Å². The first-order chi connectivity index (χ1) is 13.0. The Bertz CT molecular complexity index is 894. The Kier molecular flexibility index (Phi) is 5.68. The van der Waals surface area contributed by atoms with Gasteiger partial charge in [0.25, 0.3) is 0 Å². The van der Waals surface area contributed by atoms with Crippen molar-refractivity contribution in [2.24, 2.45) is 0 Å². The number of ether oxygens (including phenoxy) is 2. The van der Waals surface area contributed by atoms with Crippen LogP contribution in [0.4, 0.5) is 5.69 Å². The van der Waals surface area contributed by atoms with Crippen LogP contribution in [-0.4, -0.2) is 25.3 Å². The van der Waals surface area contributed by atoms with Crippen LogP contribution in [0.2, 0.25) is 5.02 Å². The van der Waals surface area contributed by atoms with Gasteiger partial charge in [-0.2, -0.15) is 0 Å². The maximum Gasteiger partial charge on any atom is 0.337 e. The number of thiocarbonyl (C=S) groups is 1. The molecule has 0 aliphatic carbocycles. The van der Waals surface area contributed by atoms with Crippen molar-refractivity contribution in [2.45, 2.75) is 13.0 Å². The SMILES string of the molecule is COC(=O)C1=C(C)N(c2ccc(Cl)cc2)C(=S)N[C@@H]1c1ccc(OC)cc1. The lowest BCUT2D eigenvalue weighted by molar-refractivity contribution is -0.136. The van der Waals surface area contributed by atoms with Gasteiger partial charge in [0.05, 0.1) is 25.8 Å². The van der Waals surface area contributed by atoms with E-state index in [1.165, 1.54) is 7.11 Å². The average molecular weight is 403 g/mol. The smallest absolute Gasteiger partial charge is 0.337 e. The van der Waals surface area contributed by atoms with E-state index in [0.29, 0.717) is 21.4 Å². The predicted molar refractivity (Wildman–Crippen MR) is 110 cm³/mol. The lowest BCUT2D eigenvalue weighted by Crippen LogP contribution is -2.48. The van der Waals surface area contributed by atoms with Gasteiger partial charge in [-0.25, -0.2) is 4.79 Å². The molecule has 0 unspecified atom stereocenters. The topological polar surface area (TPSA) is 50.8 Å². The van der Waals surface area contributed by atoms with Crippen molar-refractivity contribution in [3.8, 4) is 5.75 Å². The minimum absolute atomic E-state index is 0.415. The van der Waals surface area contributed by atoms with Crippen LogP contribution in [0.3, 0.4) is 0 Å². The van der Waals surface area contributed by atoms with Crippen LogP contribution in [0.5, 0.6) is 5.75 Å². The molecule has 0 spiro atoms. The number of carbonyl (C=O) groups excluding carboxylic acids is 1. The third-order valence-corrected chi connectivity index (χ3v) is 4.98. The normalized spacial score (nSPS) is 16.8. The zero-order chi connectivity index (χ0) is 19.6. The Morgan fingerprint density at radius 2 is 1.74 bits per heavy atom. The number of hydrogen-bond donors (Lipinski definition) is 1. The average Bonchev–Trinajstić information content (AvgIpc) is 2.68. The molecule has 27 heavy (non-hydrogen) atoms. The van der Waals surface area contributed by atoms with Crippen LogP contribution in [0.1, 0.15) is 18.5 Å². The molecular weight excluding hydrogens is 384 g/mol. The highest BCUT2D eigenvalue weighted by Gasteiger charge is 2.35. The summed E-state index contributed by atoms with van der Waals surface area (Å²) in [4.78, 5) is 14.4. The number of carbonyl (C=O) groups is 1. The number of methoxy groups -OCH3 is 2. The lowest BCUT2D eigenvalue weighted by Gasteiger charge is -2.37. The summed E-state index contributed by atoms with van der Waals surface area (Å²) in [5.74, 6) is 0.322. The molecule has 0 bridgehead atoms. The molecule has 2 aromatic rings. The molecule has 1 heterocycles. The van der Waals surface area contributed by atoms with Gasteiger partial charge in [-0.15, -0.1) is 0 Å². The quantitative estimate of drug-likeness (QED) is 0.610. The first-order valence-corrected chi connectivity index (χ1v) is 9.04. The number of hydrogen-bond acceptors (Lipinski definition) is 4. The second kappa shape index (κ2) is 7.98. The number of esters is 1. The monoisotopic (exact) mass is 402 g/mol. The van der Waals surface area contributed by atoms with E-state index in [0.717, 1.165) is 17.0 Å². The van der Waals surface area contributed by atoms with Crippen molar-refractivity contribution in [3.05, 3.63) is 70.4 Å². The highest BCUT2D eigenvalue weighted by Crippen LogP contribution is 2.35. The third-order valence-electron chi connectivity index (χ3n) is 4.42. The van der Waals surface area contributed by atoms with Gasteiger partial charge >= 0.3 is 5.97 Å². The van der Waals surface area contributed by atoms with Crippen molar-refractivity contribution in [1.29, 1.82) is 0 Å². The summed E-state index contributed by atoms with van der Waals surface area (Å²) in [6, 6.07) is 14.3. The molecule has 0 amide bonds. The van der Waals surface area contributed by atoms with Gasteiger partial charge in [0.15, 0.2) is 5.11 Å². The number of rotatable bonds is 4. The van der Waals surface area contributed by atoms with Crippen LogP contribution in [0, 0.1) is 0 Å². The van der Waals surface area contributed by atoms with Crippen molar-refractivity contribution in [2.75, 3.05) is 19.1 Å². The number of nitrogens with one attached hydrogen (secondary N) is 1. The summed E-state index contributed by atoms with van der Waals surface area (Å²) in [5.41, 5.74) is 2.89. The Morgan fingerprint density at radius 1 is 1.11 bits per heavy atom. The van der Waals surface area contributed by atoms with Crippen LogP contribution in [-0.2, 0) is 9.53 Å². The molecule has 0 saturated carbocycles. The fourth-order valence-electron chi connectivity index (χ4n) is 3.06. The molecule has 2 aromatic carbocycles. The Labute approximate surface area is 168 Å². The Hall–Kier alpha value is -2.57. The highest BCUT2D eigenvalue weighted by molar-refractivity contribution is 7.80. The fraction of sp³-hybridized carbons (Fsp3) is 0.200. The van der Waals surface area contributed by atoms with E-state index >= 15 is 0 Å². The summed E-state index contributed by atoms with van der Waals surface area (Å²) in [6.45, 7) is 1.85. The number of nitrogens with zero attached hydrogens (tertiary/aromatic N) is 1. The molecule has 1 aliphatic heterocycles. The predicted octanol–water partition coefficient (Wildman–Crippen LogP) is 4.23. The second-order valence-corrected chi connectivity index (χ2v) is 6.78. The standard InChI is InChI=1S/C20H19ClN2O3S/c1-12-17(19(24)26-3)18(13-4-10-16(25-2)11-5-13)22-20(27)23(12)15-8-6-14(21)7-9-15/h4-11,18H,1-3H3,(H,22,27)/t18-/m1/s1. The van der Waals surface area contributed by atoms with Gasteiger partial charge in [0.2, 0.25) is 0 Å². The molecule has 3 rings (SSSR count). The summed E-state index contributed by atoms with van der Waals surface area (Å²) in [7, 11) is 2.98. The van der Waals surface area contributed by atoms with E-state index in [2.05, 4.69) is 5.32 Å². The van der Waals surface area contributed by atoms with E-state index < -0.39 is 12.0 Å². The maximum absolute atomic E-state index is 12.6. The van der Waals surface area contributed by atoms with E-state index in [1.807, 2.05) is 43.3 Å². The second-order valence-electron chi connectivity index (χ2n) is 5.96. The minimum Gasteiger partial charge on any atom is -0.497 e. The molecule has 0 saturated heterocycles. The molecule has 140 valence electrons. The molecule has 0 radical (unpaired) electrons. The van der Waals surface area contributed by atoms with Gasteiger partial charge in [0.1, 0.15) is 5.75 Å². The molecule has 1 aliphatic rings. The van der Waals surface area contributed by atoms with Gasteiger partial charge < -0.3 is 14.8 Å². The number of benzene rings is 2. The van der Waals surface area contributed by atoms with E-state index in [4.69, 9.17) is 33.3 Å². The van der Waals surface area contributed by atoms with Gasteiger partial charge in [-0.3, -0.25) is 4.90 Å². The van der Waals surface area contributed by atoms with Crippen LogP contribution in [0.15, 0.2) is 59.8 Å². The van der Waals surface area contributed by atoms with E-state index in [1.54, 1.807) is 24.1 Å². The Balaban J connectivity index is 2.09. The largest absolute Gasteiger partial charge is 0.497 e.